The largest absolute Gasteiger partial charge is 0.416 e. The van der Waals surface area contributed by atoms with E-state index in [0.29, 0.717) is 6.07 Å². The SMILES string of the molecule is Cc1ncn(Cc2ccc([N+](=O)[O-])cc2C(F)(F)F)c1C. The van der Waals surface area contributed by atoms with Crippen LogP contribution in [0, 0.1) is 24.0 Å². The smallest absolute Gasteiger partial charge is 0.330 e. The van der Waals surface area contributed by atoms with E-state index < -0.39 is 22.4 Å². The van der Waals surface area contributed by atoms with Crippen molar-refractivity contribution >= 4 is 5.69 Å². The number of nitro benzene ring substituents is 1. The molecular formula is C13H12F3N3O2. The number of nitro groups is 1. The first-order valence-electron chi connectivity index (χ1n) is 6.03. The first-order chi connectivity index (χ1) is 9.70. The predicted octanol–water partition coefficient (Wildman–Crippen LogP) is 3.48. The van der Waals surface area contributed by atoms with Crippen LogP contribution in [-0.2, 0) is 12.7 Å². The lowest BCUT2D eigenvalue weighted by Crippen LogP contribution is -2.12. The monoisotopic (exact) mass is 299 g/mol. The second-order valence-electron chi connectivity index (χ2n) is 4.64. The first-order valence-corrected chi connectivity index (χ1v) is 6.03. The van der Waals surface area contributed by atoms with Gasteiger partial charge in [0.2, 0.25) is 0 Å². The van der Waals surface area contributed by atoms with E-state index in [1.165, 1.54) is 6.33 Å². The van der Waals surface area contributed by atoms with Crippen LogP contribution in [0.25, 0.3) is 0 Å². The minimum absolute atomic E-state index is 0.0337. The van der Waals surface area contributed by atoms with Crippen molar-refractivity contribution in [1.29, 1.82) is 0 Å². The van der Waals surface area contributed by atoms with Gasteiger partial charge in [-0.2, -0.15) is 13.2 Å². The second kappa shape index (κ2) is 5.19. The molecule has 112 valence electrons. The summed E-state index contributed by atoms with van der Waals surface area (Å²) in [4.78, 5) is 13.8. The van der Waals surface area contributed by atoms with Crippen molar-refractivity contribution in [2.75, 3.05) is 0 Å². The van der Waals surface area contributed by atoms with Crippen molar-refractivity contribution in [2.24, 2.45) is 0 Å². The molecule has 2 rings (SSSR count). The number of rotatable bonds is 3. The fourth-order valence-corrected chi connectivity index (χ4v) is 1.97. The highest BCUT2D eigenvalue weighted by molar-refractivity contribution is 5.41. The van der Waals surface area contributed by atoms with Crippen LogP contribution in [0.1, 0.15) is 22.5 Å². The number of benzene rings is 1. The van der Waals surface area contributed by atoms with Gasteiger partial charge in [0.25, 0.3) is 5.69 Å². The molecule has 1 aromatic heterocycles. The van der Waals surface area contributed by atoms with Gasteiger partial charge in [-0.25, -0.2) is 4.98 Å². The van der Waals surface area contributed by atoms with E-state index in [2.05, 4.69) is 4.98 Å². The number of non-ortho nitro benzene ring substituents is 1. The van der Waals surface area contributed by atoms with Crippen LogP contribution in [-0.4, -0.2) is 14.5 Å². The van der Waals surface area contributed by atoms with Crippen molar-refractivity contribution in [3.05, 3.63) is 57.2 Å². The number of nitrogens with zero attached hydrogens (tertiary/aromatic N) is 3. The van der Waals surface area contributed by atoms with Gasteiger partial charge in [0.15, 0.2) is 0 Å². The minimum atomic E-state index is -4.65. The molecule has 1 heterocycles. The molecule has 0 saturated heterocycles. The molecule has 2 aromatic rings. The lowest BCUT2D eigenvalue weighted by molar-refractivity contribution is -0.385. The van der Waals surface area contributed by atoms with Gasteiger partial charge in [-0.1, -0.05) is 0 Å². The third kappa shape index (κ3) is 3.04. The van der Waals surface area contributed by atoms with Crippen LogP contribution in [0.5, 0.6) is 0 Å². The zero-order valence-corrected chi connectivity index (χ0v) is 11.3. The molecule has 0 fully saturated rings. The van der Waals surface area contributed by atoms with Crippen molar-refractivity contribution in [2.45, 2.75) is 26.6 Å². The van der Waals surface area contributed by atoms with Crippen molar-refractivity contribution in [3.63, 3.8) is 0 Å². The van der Waals surface area contributed by atoms with Crippen molar-refractivity contribution in [1.82, 2.24) is 9.55 Å². The van der Waals surface area contributed by atoms with E-state index in [0.717, 1.165) is 23.5 Å². The molecule has 0 aliphatic rings. The van der Waals surface area contributed by atoms with Crippen LogP contribution in [0.2, 0.25) is 0 Å². The summed E-state index contributed by atoms with van der Waals surface area (Å²) < 4.78 is 40.7. The number of imidazole rings is 1. The molecular weight excluding hydrogens is 287 g/mol. The van der Waals surface area contributed by atoms with Gasteiger partial charge < -0.3 is 4.57 Å². The molecule has 5 nitrogen and oxygen atoms in total. The highest BCUT2D eigenvalue weighted by Crippen LogP contribution is 2.34. The van der Waals surface area contributed by atoms with E-state index in [1.807, 2.05) is 0 Å². The lowest BCUT2D eigenvalue weighted by Gasteiger charge is -2.14. The Labute approximate surface area is 118 Å². The van der Waals surface area contributed by atoms with E-state index in [1.54, 1.807) is 18.4 Å². The lowest BCUT2D eigenvalue weighted by atomic mass is 10.1. The van der Waals surface area contributed by atoms with Crippen molar-refractivity contribution < 1.29 is 18.1 Å². The molecule has 0 unspecified atom stereocenters. The third-order valence-electron chi connectivity index (χ3n) is 3.30. The molecule has 8 heteroatoms. The Morgan fingerprint density at radius 3 is 2.48 bits per heavy atom. The van der Waals surface area contributed by atoms with Crippen LogP contribution in [0.15, 0.2) is 24.5 Å². The van der Waals surface area contributed by atoms with E-state index in [-0.39, 0.29) is 12.1 Å². The van der Waals surface area contributed by atoms with Gasteiger partial charge in [0.05, 0.1) is 22.5 Å². The Morgan fingerprint density at radius 1 is 1.33 bits per heavy atom. The fraction of sp³-hybridized carbons (Fsp3) is 0.308. The van der Waals surface area contributed by atoms with Gasteiger partial charge in [0.1, 0.15) is 0 Å². The molecule has 0 N–H and O–H groups in total. The summed E-state index contributed by atoms with van der Waals surface area (Å²) in [7, 11) is 0. The van der Waals surface area contributed by atoms with Crippen LogP contribution in [0.4, 0.5) is 18.9 Å². The fourth-order valence-electron chi connectivity index (χ4n) is 1.97. The number of hydrogen-bond donors (Lipinski definition) is 0. The van der Waals surface area contributed by atoms with E-state index in [4.69, 9.17) is 0 Å². The third-order valence-corrected chi connectivity index (χ3v) is 3.30. The number of alkyl halides is 3. The van der Waals surface area contributed by atoms with Gasteiger partial charge in [-0.3, -0.25) is 10.1 Å². The summed E-state index contributed by atoms with van der Waals surface area (Å²) in [6.07, 6.45) is -3.20. The highest BCUT2D eigenvalue weighted by Gasteiger charge is 2.35. The molecule has 1 aromatic carbocycles. The summed E-state index contributed by atoms with van der Waals surface area (Å²) in [5.74, 6) is 0. The average Bonchev–Trinajstić information content (AvgIpc) is 2.69. The summed E-state index contributed by atoms with van der Waals surface area (Å²) in [6, 6.07) is 2.77. The van der Waals surface area contributed by atoms with Crippen LogP contribution < -0.4 is 0 Å². The van der Waals surface area contributed by atoms with E-state index in [9.17, 15) is 23.3 Å². The number of aromatic nitrogens is 2. The maximum Gasteiger partial charge on any atom is 0.416 e. The normalized spacial score (nSPS) is 11.7. The Balaban J connectivity index is 2.48. The first kappa shape index (κ1) is 15.0. The van der Waals surface area contributed by atoms with Gasteiger partial charge in [0, 0.05) is 24.4 Å². The maximum absolute atomic E-state index is 13.1. The molecule has 0 spiro atoms. The summed E-state index contributed by atoms with van der Waals surface area (Å²) in [6.45, 7) is 3.47. The number of hydrogen-bond acceptors (Lipinski definition) is 3. The zero-order chi connectivity index (χ0) is 15.8. The molecule has 0 bridgehead atoms. The Bertz CT molecular complexity index is 692. The van der Waals surface area contributed by atoms with Gasteiger partial charge in [-0.05, 0) is 25.5 Å². The molecule has 0 radical (unpaired) electrons. The number of aryl methyl sites for hydroxylation is 1. The quantitative estimate of drug-likeness (QED) is 0.644. The molecule has 0 saturated carbocycles. The Kier molecular flexibility index (Phi) is 3.71. The summed E-state index contributed by atoms with van der Waals surface area (Å²) >= 11 is 0. The minimum Gasteiger partial charge on any atom is -0.330 e. The number of halogens is 3. The van der Waals surface area contributed by atoms with Gasteiger partial charge >= 0.3 is 6.18 Å². The molecule has 0 amide bonds. The average molecular weight is 299 g/mol. The van der Waals surface area contributed by atoms with Gasteiger partial charge in [-0.15, -0.1) is 0 Å². The summed E-state index contributed by atoms with van der Waals surface area (Å²) in [5, 5.41) is 10.6. The standard InChI is InChI=1S/C13H12F3N3O2/c1-8-9(2)18(7-17-8)6-10-3-4-11(19(20)21)5-12(10)13(14,15)16/h3-5,7H,6H2,1-2H3. The Morgan fingerprint density at radius 2 is 2.00 bits per heavy atom. The molecule has 21 heavy (non-hydrogen) atoms. The zero-order valence-electron chi connectivity index (χ0n) is 11.3. The van der Waals surface area contributed by atoms with Crippen molar-refractivity contribution in [3.8, 4) is 0 Å². The van der Waals surface area contributed by atoms with E-state index >= 15 is 0 Å². The highest BCUT2D eigenvalue weighted by atomic mass is 19.4. The maximum atomic E-state index is 13.1. The van der Waals surface area contributed by atoms with Crippen LogP contribution >= 0.6 is 0 Å². The molecule has 0 aliphatic carbocycles. The predicted molar refractivity (Wildman–Crippen MR) is 68.9 cm³/mol. The molecule has 0 atom stereocenters. The van der Waals surface area contributed by atoms with Crippen LogP contribution in [0.3, 0.4) is 0 Å². The topological polar surface area (TPSA) is 61.0 Å². The summed E-state index contributed by atoms with van der Waals surface area (Å²) in [5.41, 5.74) is -0.132. The Hall–Kier alpha value is -2.38. The molecule has 0 aliphatic heterocycles. The second-order valence-corrected chi connectivity index (χ2v) is 4.64.